The van der Waals surface area contributed by atoms with Crippen LogP contribution in [0, 0.1) is 17.8 Å². The van der Waals surface area contributed by atoms with Crippen LogP contribution in [0.3, 0.4) is 0 Å². The number of ether oxygens (including phenoxy) is 2. The summed E-state index contributed by atoms with van der Waals surface area (Å²) in [5, 5.41) is 10.8. The molecule has 5 rings (SSSR count). The SMILES string of the molecule is C[C@@H]1CCC2[C@]34OO[C@@](C)(CC[C@@H]13)O[C@H]4OC[C@]2(C)O. The van der Waals surface area contributed by atoms with Crippen molar-refractivity contribution < 1.29 is 24.4 Å². The molecule has 7 atom stereocenters. The van der Waals surface area contributed by atoms with E-state index in [1.807, 2.05) is 13.8 Å². The van der Waals surface area contributed by atoms with Crippen LogP contribution in [0.5, 0.6) is 0 Å². The number of fused-ring (bicyclic) bond motifs is 2. The van der Waals surface area contributed by atoms with Gasteiger partial charge in [0.25, 0.3) is 0 Å². The average molecular weight is 284 g/mol. The zero-order valence-electron chi connectivity index (χ0n) is 12.4. The monoisotopic (exact) mass is 284 g/mol. The summed E-state index contributed by atoms with van der Waals surface area (Å²) >= 11 is 0. The Kier molecular flexibility index (Phi) is 2.66. The lowest BCUT2D eigenvalue weighted by Gasteiger charge is -2.60. The molecule has 0 amide bonds. The fourth-order valence-electron chi connectivity index (χ4n) is 4.89. The minimum Gasteiger partial charge on any atom is -0.387 e. The van der Waals surface area contributed by atoms with Crippen LogP contribution in [0.25, 0.3) is 0 Å². The van der Waals surface area contributed by atoms with Gasteiger partial charge in [-0.05, 0) is 44.9 Å². The van der Waals surface area contributed by atoms with Crippen LogP contribution in [-0.4, -0.2) is 35.0 Å². The van der Waals surface area contributed by atoms with Crippen molar-refractivity contribution in [1.29, 1.82) is 0 Å². The van der Waals surface area contributed by atoms with Gasteiger partial charge in [0.15, 0.2) is 11.9 Å². The molecule has 1 aliphatic carbocycles. The fraction of sp³-hybridized carbons (Fsp3) is 1.00. The van der Waals surface area contributed by atoms with Gasteiger partial charge in [-0.15, -0.1) is 0 Å². The maximum absolute atomic E-state index is 10.8. The van der Waals surface area contributed by atoms with Gasteiger partial charge >= 0.3 is 0 Å². The molecule has 2 bridgehead atoms. The molecule has 1 unspecified atom stereocenters. The van der Waals surface area contributed by atoms with Gasteiger partial charge in [0.05, 0.1) is 12.2 Å². The molecule has 0 aromatic rings. The van der Waals surface area contributed by atoms with Crippen LogP contribution in [0.1, 0.15) is 46.5 Å². The molecule has 1 saturated carbocycles. The third-order valence-electron chi connectivity index (χ3n) is 6.00. The van der Waals surface area contributed by atoms with Crippen LogP contribution in [0.15, 0.2) is 0 Å². The fourth-order valence-corrected chi connectivity index (χ4v) is 4.89. The topological polar surface area (TPSA) is 57.2 Å². The molecule has 4 aliphatic heterocycles. The highest BCUT2D eigenvalue weighted by Crippen LogP contribution is 2.60. The van der Waals surface area contributed by atoms with Crippen LogP contribution >= 0.6 is 0 Å². The third-order valence-corrected chi connectivity index (χ3v) is 6.00. The molecule has 1 spiro atoms. The van der Waals surface area contributed by atoms with Gasteiger partial charge < -0.3 is 14.6 Å². The smallest absolute Gasteiger partial charge is 0.201 e. The predicted octanol–water partition coefficient (Wildman–Crippen LogP) is 1.98. The number of aliphatic hydroxyl groups is 1. The molecule has 5 nitrogen and oxygen atoms in total. The van der Waals surface area contributed by atoms with E-state index in [4.69, 9.17) is 19.2 Å². The Labute approximate surface area is 119 Å². The molecule has 20 heavy (non-hydrogen) atoms. The normalized spacial score (nSPS) is 61.8. The zero-order chi connectivity index (χ0) is 14.2. The maximum atomic E-state index is 10.8. The Balaban J connectivity index is 1.83. The first-order chi connectivity index (χ1) is 9.37. The molecule has 5 fully saturated rings. The summed E-state index contributed by atoms with van der Waals surface area (Å²) in [6.07, 6.45) is 3.40. The second-order valence-corrected chi connectivity index (χ2v) is 7.52. The van der Waals surface area contributed by atoms with E-state index in [-0.39, 0.29) is 5.92 Å². The van der Waals surface area contributed by atoms with Gasteiger partial charge in [0.2, 0.25) is 5.79 Å². The molecule has 0 aromatic carbocycles. The van der Waals surface area contributed by atoms with E-state index in [1.54, 1.807) is 0 Å². The van der Waals surface area contributed by atoms with Gasteiger partial charge in [0.1, 0.15) is 0 Å². The highest BCUT2D eigenvalue weighted by Gasteiger charge is 2.70. The van der Waals surface area contributed by atoms with Gasteiger partial charge in [0, 0.05) is 12.3 Å². The molecular weight excluding hydrogens is 260 g/mol. The quantitative estimate of drug-likeness (QED) is 0.689. The highest BCUT2D eigenvalue weighted by atomic mass is 17.3. The number of hydrogen-bond donors (Lipinski definition) is 1. The number of hydrogen-bond acceptors (Lipinski definition) is 5. The Hall–Kier alpha value is -0.200. The van der Waals surface area contributed by atoms with E-state index in [1.165, 1.54) is 0 Å². The number of rotatable bonds is 0. The lowest BCUT2D eigenvalue weighted by atomic mass is 9.57. The molecule has 0 aromatic heterocycles. The van der Waals surface area contributed by atoms with Crippen molar-refractivity contribution in [3.05, 3.63) is 0 Å². The van der Waals surface area contributed by atoms with Crippen LogP contribution in [-0.2, 0) is 19.2 Å². The summed E-state index contributed by atoms with van der Waals surface area (Å²) in [4.78, 5) is 11.6. The predicted molar refractivity (Wildman–Crippen MR) is 69.4 cm³/mol. The molecule has 5 aliphatic rings. The van der Waals surface area contributed by atoms with E-state index < -0.39 is 23.3 Å². The second kappa shape index (κ2) is 3.96. The highest BCUT2D eigenvalue weighted by molar-refractivity contribution is 5.12. The molecule has 0 radical (unpaired) electrons. The summed E-state index contributed by atoms with van der Waals surface area (Å²) in [7, 11) is 0. The first kappa shape index (κ1) is 13.5. The zero-order valence-corrected chi connectivity index (χ0v) is 12.4. The Morgan fingerprint density at radius 3 is 2.70 bits per heavy atom. The van der Waals surface area contributed by atoms with E-state index in [2.05, 4.69) is 6.92 Å². The van der Waals surface area contributed by atoms with Crippen LogP contribution < -0.4 is 0 Å². The van der Waals surface area contributed by atoms with Crippen LogP contribution in [0.2, 0.25) is 0 Å². The average Bonchev–Trinajstić information content (AvgIpc) is 2.61. The van der Waals surface area contributed by atoms with Crippen molar-refractivity contribution >= 4 is 0 Å². The van der Waals surface area contributed by atoms with E-state index in [9.17, 15) is 5.11 Å². The van der Waals surface area contributed by atoms with E-state index >= 15 is 0 Å². The van der Waals surface area contributed by atoms with Crippen molar-refractivity contribution in [2.24, 2.45) is 17.8 Å². The first-order valence-electron chi connectivity index (χ1n) is 7.76. The van der Waals surface area contributed by atoms with Crippen molar-refractivity contribution in [2.45, 2.75) is 69.7 Å². The summed E-state index contributed by atoms with van der Waals surface area (Å²) < 4.78 is 12.0. The van der Waals surface area contributed by atoms with E-state index in [0.29, 0.717) is 18.4 Å². The van der Waals surface area contributed by atoms with Gasteiger partial charge in [-0.3, -0.25) is 0 Å². The molecule has 4 heterocycles. The first-order valence-corrected chi connectivity index (χ1v) is 7.76. The maximum Gasteiger partial charge on any atom is 0.201 e. The van der Waals surface area contributed by atoms with Crippen molar-refractivity contribution in [2.75, 3.05) is 6.61 Å². The third kappa shape index (κ3) is 1.56. The Morgan fingerprint density at radius 2 is 1.90 bits per heavy atom. The summed E-state index contributed by atoms with van der Waals surface area (Å²) in [5.74, 6) is 0.111. The van der Waals surface area contributed by atoms with Gasteiger partial charge in [-0.1, -0.05) is 6.92 Å². The van der Waals surface area contributed by atoms with Crippen molar-refractivity contribution in [1.82, 2.24) is 0 Å². The van der Waals surface area contributed by atoms with E-state index in [0.717, 1.165) is 25.7 Å². The lowest BCUT2D eigenvalue weighted by molar-refractivity contribution is -0.571. The Morgan fingerprint density at radius 1 is 1.10 bits per heavy atom. The molecule has 4 saturated heterocycles. The Bertz CT molecular complexity index is 424. The van der Waals surface area contributed by atoms with Gasteiger partial charge in [-0.25, -0.2) is 9.78 Å². The minimum atomic E-state index is -0.889. The standard InChI is InChI=1S/C15H24O5/c1-9-4-5-11-13(2,16)8-17-12-15(11)10(9)6-7-14(3,18-12)19-20-15/h9-12,16H,4-8H2,1-3H3/t9-,10+,11?,12-,13+,14+,15-/m1/s1. The minimum absolute atomic E-state index is 0.00222. The van der Waals surface area contributed by atoms with Gasteiger partial charge in [-0.2, -0.15) is 0 Å². The molecular formula is C15H24O5. The molecule has 5 heteroatoms. The molecule has 114 valence electrons. The second-order valence-electron chi connectivity index (χ2n) is 7.52. The summed E-state index contributed by atoms with van der Waals surface area (Å²) in [5.41, 5.74) is -1.55. The summed E-state index contributed by atoms with van der Waals surface area (Å²) in [6.45, 7) is 6.32. The summed E-state index contributed by atoms with van der Waals surface area (Å²) in [6, 6.07) is 0. The lowest BCUT2D eigenvalue weighted by Crippen LogP contribution is -2.73. The van der Waals surface area contributed by atoms with Crippen molar-refractivity contribution in [3.63, 3.8) is 0 Å². The largest absolute Gasteiger partial charge is 0.387 e. The molecule has 1 N–H and O–H groups in total. The van der Waals surface area contributed by atoms with Crippen molar-refractivity contribution in [3.8, 4) is 0 Å². The van der Waals surface area contributed by atoms with Crippen LogP contribution in [0.4, 0.5) is 0 Å².